The van der Waals surface area contributed by atoms with Gasteiger partial charge in [-0.15, -0.1) is 0 Å². The van der Waals surface area contributed by atoms with E-state index in [0.29, 0.717) is 0 Å². The molecule has 0 saturated carbocycles. The topological polar surface area (TPSA) is 37.3 Å². The molecule has 60 valence electrons. The number of hydrogen-bond donors (Lipinski definition) is 1. The first-order valence-electron chi connectivity index (χ1n) is 3.35. The molecule has 0 aromatic carbocycles. The van der Waals surface area contributed by atoms with Crippen LogP contribution in [0, 0.1) is 11.8 Å². The van der Waals surface area contributed by atoms with Gasteiger partial charge in [-0.1, -0.05) is 13.8 Å². The molecule has 3 heteroatoms. The van der Waals surface area contributed by atoms with Crippen molar-refractivity contribution in [1.82, 2.24) is 0 Å². The molecule has 0 aromatic heterocycles. The van der Waals surface area contributed by atoms with Gasteiger partial charge >= 0.3 is 5.97 Å². The van der Waals surface area contributed by atoms with Crippen LogP contribution < -0.4 is 0 Å². The first kappa shape index (κ1) is 9.40. The van der Waals surface area contributed by atoms with E-state index in [0.717, 1.165) is 0 Å². The summed E-state index contributed by atoms with van der Waals surface area (Å²) in [4.78, 5) is 10.1. The molecule has 0 aliphatic rings. The molecule has 10 heavy (non-hydrogen) atoms. The van der Waals surface area contributed by atoms with Crippen molar-refractivity contribution in [3.63, 3.8) is 0 Å². The smallest absolute Gasteiger partial charge is 0.303 e. The molecule has 0 bridgehead atoms. The number of alkyl halides is 1. The zero-order valence-corrected chi connectivity index (χ0v) is 6.30. The Morgan fingerprint density at radius 1 is 1.60 bits per heavy atom. The van der Waals surface area contributed by atoms with E-state index in [1.807, 2.05) is 13.8 Å². The lowest BCUT2D eigenvalue weighted by Gasteiger charge is -2.13. The highest BCUT2D eigenvalue weighted by atomic mass is 19.1. The van der Waals surface area contributed by atoms with Crippen molar-refractivity contribution in [2.45, 2.75) is 20.3 Å². The molecule has 0 aromatic rings. The SMILES string of the molecule is CC(C)C(CF)CC(=O)O. The number of carbonyl (C=O) groups is 1. The number of carboxylic acids is 1. The van der Waals surface area contributed by atoms with E-state index < -0.39 is 12.6 Å². The minimum atomic E-state index is -0.920. The quantitative estimate of drug-likeness (QED) is 0.658. The molecule has 1 unspecified atom stereocenters. The molecular weight excluding hydrogens is 135 g/mol. The summed E-state index contributed by atoms with van der Waals surface area (Å²) in [5.74, 6) is -1.13. The average Bonchev–Trinajstić information content (AvgIpc) is 1.81. The average molecular weight is 148 g/mol. The maximum Gasteiger partial charge on any atom is 0.303 e. The maximum atomic E-state index is 12.0. The Hall–Kier alpha value is -0.600. The van der Waals surface area contributed by atoms with Crippen molar-refractivity contribution < 1.29 is 14.3 Å². The van der Waals surface area contributed by atoms with Crippen molar-refractivity contribution >= 4 is 5.97 Å². The van der Waals surface area contributed by atoms with E-state index in [9.17, 15) is 9.18 Å². The Bertz CT molecular complexity index is 112. The number of halogens is 1. The predicted molar refractivity (Wildman–Crippen MR) is 36.6 cm³/mol. The van der Waals surface area contributed by atoms with Gasteiger partial charge in [-0.05, 0) is 11.8 Å². The minimum Gasteiger partial charge on any atom is -0.481 e. The predicted octanol–water partition coefficient (Wildman–Crippen LogP) is 1.70. The third kappa shape index (κ3) is 3.43. The highest BCUT2D eigenvalue weighted by molar-refractivity contribution is 5.67. The second-order valence-electron chi connectivity index (χ2n) is 2.76. The third-order valence-corrected chi connectivity index (χ3v) is 1.58. The van der Waals surface area contributed by atoms with Crippen LogP contribution in [-0.2, 0) is 4.79 Å². The van der Waals surface area contributed by atoms with Crippen LogP contribution in [0.25, 0.3) is 0 Å². The molecular formula is C7H13FO2. The Morgan fingerprint density at radius 2 is 2.10 bits per heavy atom. The first-order chi connectivity index (χ1) is 4.57. The molecule has 2 nitrogen and oxygen atoms in total. The number of carboxylic acid groups (broad SMARTS) is 1. The first-order valence-corrected chi connectivity index (χ1v) is 3.35. The highest BCUT2D eigenvalue weighted by Crippen LogP contribution is 2.15. The number of hydrogen-bond acceptors (Lipinski definition) is 1. The van der Waals surface area contributed by atoms with Crippen LogP contribution in [0.5, 0.6) is 0 Å². The zero-order valence-electron chi connectivity index (χ0n) is 6.30. The molecule has 0 aliphatic heterocycles. The standard InChI is InChI=1S/C7H13FO2/c1-5(2)6(4-8)3-7(9)10/h5-6H,3-4H2,1-2H3,(H,9,10). The lowest BCUT2D eigenvalue weighted by molar-refractivity contribution is -0.138. The summed E-state index contributed by atoms with van der Waals surface area (Å²) in [6, 6.07) is 0. The van der Waals surface area contributed by atoms with Crippen LogP contribution in [-0.4, -0.2) is 17.8 Å². The Kier molecular flexibility index (Phi) is 4.00. The van der Waals surface area contributed by atoms with Gasteiger partial charge in [0.05, 0.1) is 13.1 Å². The molecule has 0 radical (unpaired) electrons. The summed E-state index contributed by atoms with van der Waals surface area (Å²) in [6.45, 7) is 3.12. The van der Waals surface area contributed by atoms with Gasteiger partial charge in [0, 0.05) is 0 Å². The van der Waals surface area contributed by atoms with Crippen LogP contribution in [0.3, 0.4) is 0 Å². The van der Waals surface area contributed by atoms with Gasteiger partial charge in [-0.2, -0.15) is 0 Å². The maximum absolute atomic E-state index is 12.0. The molecule has 0 heterocycles. The van der Waals surface area contributed by atoms with E-state index >= 15 is 0 Å². The second-order valence-corrected chi connectivity index (χ2v) is 2.76. The molecule has 0 aliphatic carbocycles. The monoisotopic (exact) mass is 148 g/mol. The van der Waals surface area contributed by atoms with Gasteiger partial charge in [0.2, 0.25) is 0 Å². The Morgan fingerprint density at radius 3 is 2.20 bits per heavy atom. The van der Waals surface area contributed by atoms with Crippen molar-refractivity contribution in [3.05, 3.63) is 0 Å². The van der Waals surface area contributed by atoms with Crippen LogP contribution >= 0.6 is 0 Å². The fourth-order valence-electron chi connectivity index (χ4n) is 0.693. The summed E-state index contributed by atoms with van der Waals surface area (Å²) < 4.78 is 12.0. The van der Waals surface area contributed by atoms with Crippen molar-refractivity contribution in [3.8, 4) is 0 Å². The van der Waals surface area contributed by atoms with Gasteiger partial charge < -0.3 is 5.11 Å². The van der Waals surface area contributed by atoms with Crippen LogP contribution in [0.15, 0.2) is 0 Å². The molecule has 1 N–H and O–H groups in total. The highest BCUT2D eigenvalue weighted by Gasteiger charge is 2.16. The lowest BCUT2D eigenvalue weighted by atomic mass is 9.94. The fraction of sp³-hybridized carbons (Fsp3) is 0.857. The second kappa shape index (κ2) is 4.25. The van der Waals surface area contributed by atoms with Crippen LogP contribution in [0.4, 0.5) is 4.39 Å². The van der Waals surface area contributed by atoms with Crippen molar-refractivity contribution in [1.29, 1.82) is 0 Å². The largest absolute Gasteiger partial charge is 0.481 e. The molecule has 0 amide bonds. The van der Waals surface area contributed by atoms with E-state index in [1.165, 1.54) is 0 Å². The van der Waals surface area contributed by atoms with Gasteiger partial charge in [0.25, 0.3) is 0 Å². The summed E-state index contributed by atoms with van der Waals surface area (Å²) >= 11 is 0. The molecule has 1 atom stereocenters. The van der Waals surface area contributed by atoms with Gasteiger partial charge in [0.15, 0.2) is 0 Å². The van der Waals surface area contributed by atoms with E-state index in [2.05, 4.69) is 0 Å². The van der Waals surface area contributed by atoms with Crippen molar-refractivity contribution in [2.24, 2.45) is 11.8 Å². The fourth-order valence-corrected chi connectivity index (χ4v) is 0.693. The number of aliphatic carboxylic acids is 1. The van der Waals surface area contributed by atoms with Gasteiger partial charge in [0.1, 0.15) is 0 Å². The third-order valence-electron chi connectivity index (χ3n) is 1.58. The van der Waals surface area contributed by atoms with E-state index in [4.69, 9.17) is 5.11 Å². The van der Waals surface area contributed by atoms with Crippen molar-refractivity contribution in [2.75, 3.05) is 6.67 Å². The van der Waals surface area contributed by atoms with Gasteiger partial charge in [-0.25, -0.2) is 0 Å². The Labute approximate surface area is 60.1 Å². The summed E-state index contributed by atoms with van der Waals surface area (Å²) in [6.07, 6.45) is -0.0613. The summed E-state index contributed by atoms with van der Waals surface area (Å²) in [5, 5.41) is 8.30. The summed E-state index contributed by atoms with van der Waals surface area (Å²) in [7, 11) is 0. The van der Waals surface area contributed by atoms with Gasteiger partial charge in [-0.3, -0.25) is 9.18 Å². The zero-order chi connectivity index (χ0) is 8.15. The number of rotatable bonds is 4. The van der Waals surface area contributed by atoms with Crippen LogP contribution in [0.2, 0.25) is 0 Å². The van der Waals surface area contributed by atoms with E-state index in [1.54, 1.807) is 0 Å². The summed E-state index contributed by atoms with van der Waals surface area (Å²) in [5.41, 5.74) is 0. The molecule has 0 saturated heterocycles. The molecule has 0 spiro atoms. The van der Waals surface area contributed by atoms with E-state index in [-0.39, 0.29) is 18.3 Å². The minimum absolute atomic E-state index is 0.0613. The Balaban J connectivity index is 3.71. The molecule has 0 rings (SSSR count). The normalized spacial score (nSPS) is 13.6. The van der Waals surface area contributed by atoms with Crippen LogP contribution in [0.1, 0.15) is 20.3 Å². The molecule has 0 fully saturated rings. The lowest BCUT2D eigenvalue weighted by Crippen LogP contribution is -2.15.